The van der Waals surface area contributed by atoms with E-state index >= 15 is 0 Å². The molecule has 41 heavy (non-hydrogen) atoms. The van der Waals surface area contributed by atoms with E-state index < -0.39 is 11.0 Å². The van der Waals surface area contributed by atoms with E-state index in [0.29, 0.717) is 31.7 Å². The van der Waals surface area contributed by atoms with Crippen LogP contribution in [0, 0.1) is 11.3 Å². The Balaban J connectivity index is 1.42. The number of hydrogen-bond donors (Lipinski definition) is 0. The molecule has 2 aliphatic heterocycles. The van der Waals surface area contributed by atoms with Crippen LogP contribution in [-0.4, -0.2) is 75.4 Å². The van der Waals surface area contributed by atoms with Gasteiger partial charge >= 0.3 is 6.09 Å². The fourth-order valence-corrected chi connectivity index (χ4v) is 5.99. The first-order valence-electron chi connectivity index (χ1n) is 14.1. The highest BCUT2D eigenvalue weighted by atomic mass is 16.6. The molecule has 3 atom stereocenters. The van der Waals surface area contributed by atoms with Gasteiger partial charge < -0.3 is 14.5 Å². The number of nitrogens with zero attached hydrogens (tertiary/aromatic N) is 6. The summed E-state index contributed by atoms with van der Waals surface area (Å²) in [7, 11) is 0. The molecular formula is C32H38N6O3. The van der Waals surface area contributed by atoms with Gasteiger partial charge in [0.2, 0.25) is 5.91 Å². The van der Waals surface area contributed by atoms with Crippen molar-refractivity contribution in [3.8, 4) is 6.07 Å². The van der Waals surface area contributed by atoms with Gasteiger partial charge in [-0.1, -0.05) is 36.4 Å². The van der Waals surface area contributed by atoms with Crippen LogP contribution in [0.4, 0.5) is 10.5 Å². The maximum absolute atomic E-state index is 14.1. The molecule has 2 amide bonds. The Labute approximate surface area is 241 Å². The fourth-order valence-electron chi connectivity index (χ4n) is 5.99. The number of rotatable bonds is 5. The Morgan fingerprint density at radius 2 is 1.88 bits per heavy atom. The van der Waals surface area contributed by atoms with Crippen molar-refractivity contribution in [2.75, 3.05) is 31.1 Å². The number of benzene rings is 2. The summed E-state index contributed by atoms with van der Waals surface area (Å²) in [5.74, 6) is -0.0376. The number of amides is 2. The lowest BCUT2D eigenvalue weighted by Gasteiger charge is -2.45. The van der Waals surface area contributed by atoms with Crippen molar-refractivity contribution >= 4 is 17.7 Å². The zero-order valence-electron chi connectivity index (χ0n) is 24.4. The van der Waals surface area contributed by atoms with Crippen LogP contribution in [0.15, 0.2) is 67.0 Å². The van der Waals surface area contributed by atoms with Gasteiger partial charge in [0.15, 0.2) is 0 Å². The molecule has 1 unspecified atom stereocenters. The topological polar surface area (TPSA) is 94.7 Å². The third-order valence-electron chi connectivity index (χ3n) is 8.08. The number of piperazine rings is 1. The highest BCUT2D eigenvalue weighted by Crippen LogP contribution is 2.45. The highest BCUT2D eigenvalue weighted by molar-refractivity contribution is 5.98. The molecule has 3 heterocycles. The normalized spacial score (nSPS) is 22.7. The van der Waals surface area contributed by atoms with Crippen molar-refractivity contribution in [3.63, 3.8) is 0 Å². The summed E-state index contributed by atoms with van der Waals surface area (Å²) < 4.78 is 7.53. The number of hydrogen-bond acceptors (Lipinski definition) is 6. The van der Waals surface area contributed by atoms with Crippen LogP contribution in [-0.2, 0) is 21.5 Å². The number of ether oxygens (including phenoxy) is 1. The second-order valence-electron chi connectivity index (χ2n) is 12.3. The van der Waals surface area contributed by atoms with Gasteiger partial charge in [-0.2, -0.15) is 10.4 Å². The minimum absolute atomic E-state index is 0.0376. The van der Waals surface area contributed by atoms with E-state index in [1.807, 2.05) is 85.9 Å². The molecule has 0 spiro atoms. The van der Waals surface area contributed by atoms with Gasteiger partial charge in [0.1, 0.15) is 5.60 Å². The van der Waals surface area contributed by atoms with E-state index in [1.54, 1.807) is 11.1 Å². The largest absolute Gasteiger partial charge is 0.444 e. The van der Waals surface area contributed by atoms with Gasteiger partial charge in [-0.15, -0.1) is 0 Å². The van der Waals surface area contributed by atoms with Crippen LogP contribution >= 0.6 is 0 Å². The molecule has 1 saturated heterocycles. The summed E-state index contributed by atoms with van der Waals surface area (Å²) in [6, 6.07) is 19.6. The summed E-state index contributed by atoms with van der Waals surface area (Å²) >= 11 is 0. The minimum Gasteiger partial charge on any atom is -0.444 e. The predicted molar refractivity (Wildman–Crippen MR) is 156 cm³/mol. The lowest BCUT2D eigenvalue weighted by molar-refractivity contribution is -0.121. The summed E-state index contributed by atoms with van der Waals surface area (Å²) in [6.07, 6.45) is 3.27. The Morgan fingerprint density at radius 1 is 1.12 bits per heavy atom. The number of aromatic nitrogens is 2. The van der Waals surface area contributed by atoms with Crippen LogP contribution < -0.4 is 4.90 Å². The van der Waals surface area contributed by atoms with Gasteiger partial charge in [-0.3, -0.25) is 14.4 Å². The number of carbonyl (C=O) groups is 2. The standard InChI is InChI=1S/C32H38N6O3/c1-23-18-35(26(19-36-15-9-14-34-36)20-37(23)30(40)41-31(2,3)4)21-29(39)38-22-32(5,25-10-7-6-8-11-25)27-13-12-24(17-33)16-28(27)38/h6-16,23,26H,18-22H2,1-5H3/t23-,26+,32?/m1/s1. The van der Waals surface area contributed by atoms with E-state index in [-0.39, 0.29) is 30.6 Å². The average molecular weight is 555 g/mol. The van der Waals surface area contributed by atoms with Crippen molar-refractivity contribution in [3.05, 3.63) is 83.7 Å². The van der Waals surface area contributed by atoms with E-state index in [0.717, 1.165) is 16.8 Å². The van der Waals surface area contributed by atoms with E-state index in [1.165, 1.54) is 0 Å². The average Bonchev–Trinajstić information content (AvgIpc) is 3.55. The van der Waals surface area contributed by atoms with Crippen LogP contribution in [0.3, 0.4) is 0 Å². The van der Waals surface area contributed by atoms with E-state index in [2.05, 4.69) is 35.1 Å². The molecule has 9 heteroatoms. The molecule has 0 bridgehead atoms. The molecule has 1 aromatic heterocycles. The molecule has 2 aliphatic rings. The predicted octanol–water partition coefficient (Wildman–Crippen LogP) is 4.42. The summed E-state index contributed by atoms with van der Waals surface area (Å²) in [6.45, 7) is 11.9. The Hall–Kier alpha value is -4.16. The Morgan fingerprint density at radius 3 is 2.54 bits per heavy atom. The van der Waals surface area contributed by atoms with Crippen molar-refractivity contribution in [1.29, 1.82) is 5.26 Å². The third kappa shape index (κ3) is 5.84. The lowest BCUT2D eigenvalue weighted by atomic mass is 9.78. The van der Waals surface area contributed by atoms with E-state index in [4.69, 9.17) is 4.74 Å². The molecular weight excluding hydrogens is 516 g/mol. The van der Waals surface area contributed by atoms with Gasteiger partial charge in [0.05, 0.1) is 24.7 Å². The Kier molecular flexibility index (Phi) is 7.62. The van der Waals surface area contributed by atoms with Gasteiger partial charge in [0, 0.05) is 55.2 Å². The molecule has 5 rings (SSSR count). The van der Waals surface area contributed by atoms with Crippen molar-refractivity contribution in [2.45, 2.75) is 64.3 Å². The molecule has 0 N–H and O–H groups in total. The highest BCUT2D eigenvalue weighted by Gasteiger charge is 2.44. The summed E-state index contributed by atoms with van der Waals surface area (Å²) in [5.41, 5.74) is 2.46. The van der Waals surface area contributed by atoms with Gasteiger partial charge in [0.25, 0.3) is 0 Å². The fraction of sp³-hybridized carbons (Fsp3) is 0.438. The van der Waals surface area contributed by atoms with Crippen LogP contribution in [0.25, 0.3) is 0 Å². The number of anilines is 1. The zero-order chi connectivity index (χ0) is 29.4. The van der Waals surface area contributed by atoms with Gasteiger partial charge in [-0.25, -0.2) is 4.79 Å². The monoisotopic (exact) mass is 554 g/mol. The second-order valence-corrected chi connectivity index (χ2v) is 12.3. The van der Waals surface area contributed by atoms with Crippen molar-refractivity contribution in [1.82, 2.24) is 19.6 Å². The van der Waals surface area contributed by atoms with Crippen molar-refractivity contribution < 1.29 is 14.3 Å². The molecule has 0 aliphatic carbocycles. The number of fused-ring (bicyclic) bond motifs is 1. The smallest absolute Gasteiger partial charge is 0.410 e. The van der Waals surface area contributed by atoms with E-state index in [9.17, 15) is 14.9 Å². The Bertz CT molecular complexity index is 1440. The first-order valence-corrected chi connectivity index (χ1v) is 14.1. The molecule has 3 aromatic rings. The number of carbonyl (C=O) groups excluding carboxylic acids is 2. The first kappa shape index (κ1) is 28.4. The molecule has 0 saturated carbocycles. The zero-order valence-corrected chi connectivity index (χ0v) is 24.4. The minimum atomic E-state index is -0.599. The summed E-state index contributed by atoms with van der Waals surface area (Å²) in [5, 5.41) is 14.0. The quantitative estimate of drug-likeness (QED) is 0.464. The summed E-state index contributed by atoms with van der Waals surface area (Å²) in [4.78, 5) is 32.9. The van der Waals surface area contributed by atoms with Crippen LogP contribution in [0.2, 0.25) is 0 Å². The lowest BCUT2D eigenvalue weighted by Crippen LogP contribution is -2.62. The molecule has 9 nitrogen and oxygen atoms in total. The SMILES string of the molecule is C[C@@H]1CN(CC(=O)N2CC(C)(c3ccccc3)c3ccc(C#N)cc32)[C@@H](Cn2cccn2)CN1C(=O)OC(C)(C)C. The van der Waals surface area contributed by atoms with Crippen molar-refractivity contribution in [2.24, 2.45) is 0 Å². The second kappa shape index (κ2) is 11.0. The van der Waals surface area contributed by atoms with Gasteiger partial charge in [-0.05, 0) is 63.9 Å². The molecule has 214 valence electrons. The molecule has 2 aromatic carbocycles. The van der Waals surface area contributed by atoms with Crippen LogP contribution in [0.5, 0.6) is 0 Å². The first-order chi connectivity index (χ1) is 19.5. The molecule has 0 radical (unpaired) electrons. The maximum Gasteiger partial charge on any atom is 0.410 e. The molecule has 1 fully saturated rings. The van der Waals surface area contributed by atoms with Crippen LogP contribution in [0.1, 0.15) is 51.3 Å². The maximum atomic E-state index is 14.1. The third-order valence-corrected chi connectivity index (χ3v) is 8.08. The number of nitriles is 1.